The lowest BCUT2D eigenvalue weighted by Gasteiger charge is -2.26. The molecule has 1 aromatic carbocycles. The lowest BCUT2D eigenvalue weighted by atomic mass is 9.90. The average Bonchev–Trinajstić information content (AvgIpc) is 2.64. The molecule has 0 radical (unpaired) electrons. The van der Waals surface area contributed by atoms with Crippen molar-refractivity contribution >= 4 is 5.91 Å². The highest BCUT2D eigenvalue weighted by molar-refractivity contribution is 5.86. The standard InChI is InChI=1S/C18H18F4N2O3/c1-3-17(26,12-5-4-6-14(19)8-12)16(25)24-9-11-7-13(18(20,21)22)10-23-15(11)27-2/h4-8,10,26H,3,9H2,1-2H3,(H,24,25). The first-order chi connectivity index (χ1) is 12.6. The molecule has 0 spiro atoms. The largest absolute Gasteiger partial charge is 0.481 e. The van der Waals surface area contributed by atoms with E-state index in [9.17, 15) is 27.5 Å². The molecule has 27 heavy (non-hydrogen) atoms. The highest BCUT2D eigenvalue weighted by atomic mass is 19.4. The molecule has 0 aliphatic rings. The highest BCUT2D eigenvalue weighted by Gasteiger charge is 2.36. The lowest BCUT2D eigenvalue weighted by molar-refractivity contribution is -0.141. The smallest absolute Gasteiger partial charge is 0.417 e. The molecule has 2 aromatic rings. The van der Waals surface area contributed by atoms with E-state index in [4.69, 9.17) is 4.74 Å². The second kappa shape index (κ2) is 7.91. The molecule has 146 valence electrons. The first-order valence-corrected chi connectivity index (χ1v) is 7.98. The van der Waals surface area contributed by atoms with Crippen LogP contribution >= 0.6 is 0 Å². The van der Waals surface area contributed by atoms with Crippen molar-refractivity contribution in [1.29, 1.82) is 0 Å². The molecular formula is C18H18F4N2O3. The third-order valence-corrected chi connectivity index (χ3v) is 4.07. The average molecular weight is 386 g/mol. The van der Waals surface area contributed by atoms with Crippen LogP contribution in [-0.2, 0) is 23.1 Å². The summed E-state index contributed by atoms with van der Waals surface area (Å²) < 4.78 is 56.9. The molecule has 1 amide bonds. The van der Waals surface area contributed by atoms with Crippen molar-refractivity contribution in [2.24, 2.45) is 0 Å². The van der Waals surface area contributed by atoms with E-state index in [0.29, 0.717) is 6.20 Å². The number of aromatic nitrogens is 1. The van der Waals surface area contributed by atoms with Gasteiger partial charge >= 0.3 is 6.18 Å². The number of methoxy groups -OCH3 is 1. The fourth-order valence-corrected chi connectivity index (χ4v) is 2.53. The van der Waals surface area contributed by atoms with Crippen LogP contribution in [0.25, 0.3) is 0 Å². The minimum Gasteiger partial charge on any atom is -0.481 e. The van der Waals surface area contributed by atoms with Crippen molar-refractivity contribution in [3.05, 3.63) is 59.0 Å². The van der Waals surface area contributed by atoms with Crippen LogP contribution in [-0.4, -0.2) is 23.1 Å². The van der Waals surface area contributed by atoms with E-state index in [2.05, 4.69) is 10.3 Å². The van der Waals surface area contributed by atoms with Gasteiger partial charge in [0, 0.05) is 18.3 Å². The summed E-state index contributed by atoms with van der Waals surface area (Å²) in [5, 5.41) is 13.0. The van der Waals surface area contributed by atoms with E-state index < -0.39 is 29.1 Å². The van der Waals surface area contributed by atoms with Crippen molar-refractivity contribution in [2.75, 3.05) is 7.11 Å². The number of carbonyl (C=O) groups excluding carboxylic acids is 1. The zero-order valence-electron chi connectivity index (χ0n) is 14.6. The summed E-state index contributed by atoms with van der Waals surface area (Å²) in [7, 11) is 1.23. The Morgan fingerprint density at radius 3 is 2.52 bits per heavy atom. The second-order valence-corrected chi connectivity index (χ2v) is 5.80. The first kappa shape index (κ1) is 20.6. The molecule has 0 aliphatic heterocycles. The third-order valence-electron chi connectivity index (χ3n) is 4.07. The van der Waals surface area contributed by atoms with Crippen LogP contribution in [0.1, 0.15) is 30.0 Å². The van der Waals surface area contributed by atoms with Gasteiger partial charge in [-0.2, -0.15) is 13.2 Å². The Balaban J connectivity index is 2.25. The van der Waals surface area contributed by atoms with E-state index in [-0.39, 0.29) is 30.0 Å². The van der Waals surface area contributed by atoms with E-state index in [1.807, 2.05) is 0 Å². The van der Waals surface area contributed by atoms with Gasteiger partial charge in [0.05, 0.1) is 12.7 Å². The van der Waals surface area contributed by atoms with Gasteiger partial charge in [-0.05, 0) is 30.2 Å². The van der Waals surface area contributed by atoms with Gasteiger partial charge in [0.1, 0.15) is 5.82 Å². The van der Waals surface area contributed by atoms with Crippen LogP contribution in [0.15, 0.2) is 36.5 Å². The number of nitrogens with zero attached hydrogens (tertiary/aromatic N) is 1. The number of aliphatic hydroxyl groups is 1. The highest BCUT2D eigenvalue weighted by Crippen LogP contribution is 2.31. The van der Waals surface area contributed by atoms with Crippen molar-refractivity contribution in [3.8, 4) is 5.88 Å². The van der Waals surface area contributed by atoms with E-state index >= 15 is 0 Å². The Hall–Kier alpha value is -2.68. The van der Waals surface area contributed by atoms with E-state index in [1.54, 1.807) is 0 Å². The summed E-state index contributed by atoms with van der Waals surface area (Å²) in [4.78, 5) is 16.1. The Labute approximate surface area is 153 Å². The zero-order valence-corrected chi connectivity index (χ0v) is 14.6. The van der Waals surface area contributed by atoms with Crippen molar-refractivity contribution in [2.45, 2.75) is 31.7 Å². The molecule has 0 bridgehead atoms. The van der Waals surface area contributed by atoms with Gasteiger partial charge in [0.15, 0.2) is 5.60 Å². The molecule has 0 saturated carbocycles. The number of amides is 1. The molecule has 0 saturated heterocycles. The fraction of sp³-hybridized carbons (Fsp3) is 0.333. The second-order valence-electron chi connectivity index (χ2n) is 5.80. The van der Waals surface area contributed by atoms with Crippen molar-refractivity contribution in [3.63, 3.8) is 0 Å². The van der Waals surface area contributed by atoms with E-state index in [0.717, 1.165) is 18.2 Å². The summed E-state index contributed by atoms with van der Waals surface area (Å²) in [6.45, 7) is 1.16. The summed E-state index contributed by atoms with van der Waals surface area (Å²) in [6, 6.07) is 5.72. The maximum absolute atomic E-state index is 13.4. The minimum absolute atomic E-state index is 0.0154. The molecule has 1 aromatic heterocycles. The maximum Gasteiger partial charge on any atom is 0.417 e. The number of halogens is 4. The van der Waals surface area contributed by atoms with Crippen LogP contribution in [0.2, 0.25) is 0 Å². The van der Waals surface area contributed by atoms with Crippen LogP contribution in [0.3, 0.4) is 0 Å². The molecule has 1 heterocycles. The predicted molar refractivity (Wildman–Crippen MR) is 88.2 cm³/mol. The predicted octanol–water partition coefficient (Wildman–Crippen LogP) is 3.16. The number of ether oxygens (including phenoxy) is 1. The summed E-state index contributed by atoms with van der Waals surface area (Å²) >= 11 is 0. The number of rotatable bonds is 6. The molecule has 0 fully saturated rings. The number of nitrogens with one attached hydrogen (secondary N) is 1. The van der Waals surface area contributed by atoms with Crippen LogP contribution in [0.4, 0.5) is 17.6 Å². The van der Waals surface area contributed by atoms with Crippen LogP contribution < -0.4 is 10.1 Å². The molecule has 1 unspecified atom stereocenters. The van der Waals surface area contributed by atoms with E-state index in [1.165, 1.54) is 26.2 Å². The summed E-state index contributed by atoms with van der Waals surface area (Å²) in [6.07, 6.45) is -4.05. The molecule has 1 atom stereocenters. The Bertz CT molecular complexity index is 826. The molecule has 9 heteroatoms. The van der Waals surface area contributed by atoms with Gasteiger partial charge in [-0.25, -0.2) is 9.37 Å². The van der Waals surface area contributed by atoms with Gasteiger partial charge in [0.2, 0.25) is 5.88 Å². The number of pyridine rings is 1. The van der Waals surface area contributed by atoms with Gasteiger partial charge in [-0.3, -0.25) is 4.79 Å². The Kier molecular flexibility index (Phi) is 6.04. The number of hydrogen-bond donors (Lipinski definition) is 2. The SMILES string of the molecule is CCC(O)(C(=O)NCc1cc(C(F)(F)F)cnc1OC)c1cccc(F)c1. The summed E-state index contributed by atoms with van der Waals surface area (Å²) in [5.74, 6) is -1.60. The summed E-state index contributed by atoms with van der Waals surface area (Å²) in [5.41, 5.74) is -3.01. The fourth-order valence-electron chi connectivity index (χ4n) is 2.53. The van der Waals surface area contributed by atoms with Gasteiger partial charge in [-0.1, -0.05) is 19.1 Å². The minimum atomic E-state index is -4.61. The normalized spacial score (nSPS) is 13.7. The van der Waals surface area contributed by atoms with Crippen molar-refractivity contribution in [1.82, 2.24) is 10.3 Å². The first-order valence-electron chi connectivity index (χ1n) is 7.98. The molecule has 2 N–H and O–H groups in total. The number of carbonyl (C=O) groups is 1. The molecule has 0 aliphatic carbocycles. The number of alkyl halides is 3. The van der Waals surface area contributed by atoms with Gasteiger partial charge in [0.25, 0.3) is 5.91 Å². The van der Waals surface area contributed by atoms with Crippen LogP contribution in [0.5, 0.6) is 5.88 Å². The molecule has 5 nitrogen and oxygen atoms in total. The van der Waals surface area contributed by atoms with Crippen LogP contribution in [0, 0.1) is 5.82 Å². The monoisotopic (exact) mass is 386 g/mol. The third kappa shape index (κ3) is 4.54. The molecule has 2 rings (SSSR count). The quantitative estimate of drug-likeness (QED) is 0.749. The molecular weight excluding hydrogens is 368 g/mol. The van der Waals surface area contributed by atoms with Gasteiger partial charge in [-0.15, -0.1) is 0 Å². The Morgan fingerprint density at radius 2 is 1.96 bits per heavy atom. The van der Waals surface area contributed by atoms with Gasteiger partial charge < -0.3 is 15.2 Å². The van der Waals surface area contributed by atoms with Crippen molar-refractivity contribution < 1.29 is 32.2 Å². The lowest BCUT2D eigenvalue weighted by Crippen LogP contribution is -2.43. The number of hydrogen-bond acceptors (Lipinski definition) is 4. The zero-order chi connectivity index (χ0) is 20.2. The Morgan fingerprint density at radius 1 is 1.26 bits per heavy atom. The topological polar surface area (TPSA) is 71.5 Å². The number of benzene rings is 1. The maximum atomic E-state index is 13.4.